The molecule has 0 saturated heterocycles. The zero-order valence-electron chi connectivity index (χ0n) is 8.20. The highest BCUT2D eigenvalue weighted by molar-refractivity contribution is 6.25. The standard InChI is InChI=1S/C10H13BFO2/c1-13-9-5-2-3-6-10(9)14-8-4-7-11-12/h2-3,5-6H,4,7-8H2,1H3. The SMILES string of the molecule is COc1ccccc1OCCC[B]F. The molecule has 0 N–H and O–H groups in total. The van der Waals surface area contributed by atoms with E-state index >= 15 is 0 Å². The summed E-state index contributed by atoms with van der Waals surface area (Å²) in [7, 11) is 2.24. The van der Waals surface area contributed by atoms with Crippen LogP contribution in [-0.4, -0.2) is 21.3 Å². The van der Waals surface area contributed by atoms with Gasteiger partial charge in [0.25, 0.3) is 0 Å². The summed E-state index contributed by atoms with van der Waals surface area (Å²) in [6.45, 7) is 0.501. The Bertz CT molecular complexity index is 268. The molecule has 1 rings (SSSR count). The summed E-state index contributed by atoms with van der Waals surface area (Å²) in [6.07, 6.45) is 1.10. The zero-order chi connectivity index (χ0) is 10.2. The van der Waals surface area contributed by atoms with Crippen LogP contribution in [0.3, 0.4) is 0 Å². The predicted molar refractivity (Wildman–Crippen MR) is 54.8 cm³/mol. The summed E-state index contributed by atoms with van der Waals surface area (Å²) in [4.78, 5) is 0. The molecule has 0 bridgehead atoms. The van der Waals surface area contributed by atoms with Gasteiger partial charge in [-0.2, -0.15) is 0 Å². The maximum atomic E-state index is 11.7. The summed E-state index contributed by atoms with van der Waals surface area (Å²) in [5.41, 5.74) is 0. The average molecular weight is 195 g/mol. The van der Waals surface area contributed by atoms with E-state index in [-0.39, 0.29) is 0 Å². The van der Waals surface area contributed by atoms with E-state index in [2.05, 4.69) is 0 Å². The van der Waals surface area contributed by atoms with Gasteiger partial charge >= 0.3 is 7.56 Å². The number of hydrogen-bond acceptors (Lipinski definition) is 2. The van der Waals surface area contributed by atoms with Crippen molar-refractivity contribution in [2.24, 2.45) is 0 Å². The minimum absolute atomic E-state index is 0.426. The third kappa shape index (κ3) is 3.28. The van der Waals surface area contributed by atoms with Crippen molar-refractivity contribution >= 4 is 7.56 Å². The fourth-order valence-electron chi connectivity index (χ4n) is 1.08. The van der Waals surface area contributed by atoms with E-state index in [1.54, 1.807) is 7.11 Å². The number of methoxy groups -OCH3 is 1. The Balaban J connectivity index is 2.41. The smallest absolute Gasteiger partial charge is 0.354 e. The van der Waals surface area contributed by atoms with Crippen LogP contribution in [0.25, 0.3) is 0 Å². The molecule has 1 aromatic rings. The Kier molecular flexibility index (Phi) is 4.90. The molecule has 0 saturated carbocycles. The van der Waals surface area contributed by atoms with Gasteiger partial charge < -0.3 is 13.8 Å². The lowest BCUT2D eigenvalue weighted by Crippen LogP contribution is -1.99. The molecule has 0 unspecified atom stereocenters. The summed E-state index contributed by atoms with van der Waals surface area (Å²) >= 11 is 0. The molecule has 1 radical (unpaired) electrons. The largest absolute Gasteiger partial charge is 0.493 e. The number of para-hydroxylation sites is 2. The monoisotopic (exact) mass is 195 g/mol. The first kappa shape index (κ1) is 10.9. The molecule has 4 heteroatoms. The van der Waals surface area contributed by atoms with Crippen molar-refractivity contribution in [3.63, 3.8) is 0 Å². The van der Waals surface area contributed by atoms with Gasteiger partial charge in [0, 0.05) is 0 Å². The van der Waals surface area contributed by atoms with Crippen LogP contribution in [0, 0.1) is 0 Å². The molecule has 0 spiro atoms. The van der Waals surface area contributed by atoms with E-state index in [4.69, 9.17) is 9.47 Å². The maximum absolute atomic E-state index is 11.7. The van der Waals surface area contributed by atoms with E-state index in [1.807, 2.05) is 24.3 Å². The molecule has 0 aromatic heterocycles. The second-order valence-electron chi connectivity index (χ2n) is 2.80. The summed E-state index contributed by atoms with van der Waals surface area (Å²) in [6, 6.07) is 7.41. The predicted octanol–water partition coefficient (Wildman–Crippen LogP) is 2.47. The van der Waals surface area contributed by atoms with Crippen LogP contribution in [0.5, 0.6) is 11.5 Å². The number of benzene rings is 1. The first-order chi connectivity index (χ1) is 6.88. The molecule has 2 nitrogen and oxygen atoms in total. The van der Waals surface area contributed by atoms with Crippen molar-refractivity contribution in [2.75, 3.05) is 13.7 Å². The van der Waals surface area contributed by atoms with Crippen molar-refractivity contribution in [1.29, 1.82) is 0 Å². The van der Waals surface area contributed by atoms with Gasteiger partial charge in [-0.15, -0.1) is 0 Å². The lowest BCUT2D eigenvalue weighted by Gasteiger charge is -2.09. The number of halogens is 1. The van der Waals surface area contributed by atoms with Crippen LogP contribution in [0.1, 0.15) is 6.42 Å². The molecule has 0 heterocycles. The van der Waals surface area contributed by atoms with Crippen LogP contribution < -0.4 is 9.47 Å². The molecule has 14 heavy (non-hydrogen) atoms. The fraction of sp³-hybridized carbons (Fsp3) is 0.400. The highest BCUT2D eigenvalue weighted by Gasteiger charge is 2.01. The Morgan fingerprint density at radius 3 is 2.64 bits per heavy atom. The molecule has 0 amide bonds. The van der Waals surface area contributed by atoms with Crippen LogP contribution in [-0.2, 0) is 0 Å². The molecular weight excluding hydrogens is 182 g/mol. The molecule has 75 valence electrons. The second kappa shape index (κ2) is 6.30. The van der Waals surface area contributed by atoms with Crippen molar-refractivity contribution in [1.82, 2.24) is 0 Å². The Morgan fingerprint density at radius 1 is 1.29 bits per heavy atom. The first-order valence-corrected chi connectivity index (χ1v) is 4.56. The van der Waals surface area contributed by atoms with Crippen molar-refractivity contribution in [3.05, 3.63) is 24.3 Å². The second-order valence-corrected chi connectivity index (χ2v) is 2.80. The van der Waals surface area contributed by atoms with Gasteiger partial charge in [0.15, 0.2) is 11.5 Å². The van der Waals surface area contributed by atoms with Gasteiger partial charge in [-0.3, -0.25) is 0 Å². The molecule has 1 aromatic carbocycles. The molecule has 0 aliphatic rings. The van der Waals surface area contributed by atoms with Gasteiger partial charge in [-0.05, 0) is 24.9 Å². The van der Waals surface area contributed by atoms with Crippen LogP contribution >= 0.6 is 0 Å². The van der Waals surface area contributed by atoms with Crippen LogP contribution in [0.15, 0.2) is 24.3 Å². The lowest BCUT2D eigenvalue weighted by molar-refractivity contribution is 0.294. The third-order valence-corrected chi connectivity index (χ3v) is 1.78. The van der Waals surface area contributed by atoms with Crippen LogP contribution in [0.2, 0.25) is 6.32 Å². The lowest BCUT2D eigenvalue weighted by atomic mass is 9.97. The van der Waals surface area contributed by atoms with E-state index < -0.39 is 0 Å². The molecule has 0 fully saturated rings. The summed E-state index contributed by atoms with van der Waals surface area (Å²) < 4.78 is 22.2. The van der Waals surface area contributed by atoms with Crippen molar-refractivity contribution in [3.8, 4) is 11.5 Å². The van der Waals surface area contributed by atoms with Gasteiger partial charge in [0.2, 0.25) is 0 Å². The third-order valence-electron chi connectivity index (χ3n) is 1.78. The van der Waals surface area contributed by atoms with E-state index in [9.17, 15) is 4.32 Å². The topological polar surface area (TPSA) is 18.5 Å². The zero-order valence-corrected chi connectivity index (χ0v) is 8.20. The minimum Gasteiger partial charge on any atom is -0.493 e. The fourth-order valence-corrected chi connectivity index (χ4v) is 1.08. The Morgan fingerprint density at radius 2 is 2.00 bits per heavy atom. The summed E-state index contributed by atoms with van der Waals surface area (Å²) in [5.74, 6) is 1.41. The number of ether oxygens (including phenoxy) is 2. The van der Waals surface area contributed by atoms with Gasteiger partial charge in [0.05, 0.1) is 13.7 Å². The molecule has 0 aliphatic heterocycles. The highest BCUT2D eigenvalue weighted by atomic mass is 19.1. The average Bonchev–Trinajstić information content (AvgIpc) is 2.25. The van der Waals surface area contributed by atoms with E-state index in [0.717, 1.165) is 0 Å². The van der Waals surface area contributed by atoms with Crippen LogP contribution in [0.4, 0.5) is 4.32 Å². The Hall–Kier alpha value is -1.19. The van der Waals surface area contributed by atoms with Crippen molar-refractivity contribution < 1.29 is 13.8 Å². The number of rotatable bonds is 6. The normalized spacial score (nSPS) is 9.57. The van der Waals surface area contributed by atoms with Gasteiger partial charge in [0.1, 0.15) is 0 Å². The van der Waals surface area contributed by atoms with E-state index in [0.29, 0.717) is 38.4 Å². The first-order valence-electron chi connectivity index (χ1n) is 4.56. The molecule has 0 aliphatic carbocycles. The molecule has 0 atom stereocenters. The number of hydrogen-bond donors (Lipinski definition) is 0. The quantitative estimate of drug-likeness (QED) is 0.512. The van der Waals surface area contributed by atoms with Gasteiger partial charge in [-0.25, -0.2) is 0 Å². The highest BCUT2D eigenvalue weighted by Crippen LogP contribution is 2.25. The molecular formula is C10H13BFO2. The van der Waals surface area contributed by atoms with Gasteiger partial charge in [-0.1, -0.05) is 12.1 Å². The van der Waals surface area contributed by atoms with Crippen molar-refractivity contribution in [2.45, 2.75) is 12.7 Å². The summed E-state index contributed by atoms with van der Waals surface area (Å²) in [5, 5.41) is 0. The minimum atomic E-state index is 0.426. The maximum Gasteiger partial charge on any atom is 0.354 e. The van der Waals surface area contributed by atoms with E-state index in [1.165, 1.54) is 0 Å². The Labute approximate surface area is 84.3 Å².